The Morgan fingerprint density at radius 3 is 2.46 bits per heavy atom. The summed E-state index contributed by atoms with van der Waals surface area (Å²) in [7, 11) is -2.37. The maximum Gasteiger partial charge on any atom is 0.341 e. The Morgan fingerprint density at radius 1 is 1.05 bits per heavy atom. The molecule has 0 spiro atoms. The van der Waals surface area contributed by atoms with Gasteiger partial charge in [0.15, 0.2) is 6.61 Å². The first-order valence-corrected chi connectivity index (χ1v) is 13.5. The van der Waals surface area contributed by atoms with Gasteiger partial charge in [-0.25, -0.2) is 22.2 Å². The highest BCUT2D eigenvalue weighted by Gasteiger charge is 2.24. The lowest BCUT2D eigenvalue weighted by Gasteiger charge is -2.11. The number of carboxylic acid groups (broad SMARTS) is 1. The number of ether oxygens (including phenoxy) is 2. The van der Waals surface area contributed by atoms with Crippen LogP contribution in [-0.4, -0.2) is 42.2 Å². The van der Waals surface area contributed by atoms with E-state index in [2.05, 4.69) is 4.98 Å². The first-order valence-electron chi connectivity index (χ1n) is 11.2. The number of methoxy groups -OCH3 is 1. The minimum Gasteiger partial charge on any atom is -0.497 e. The van der Waals surface area contributed by atoms with E-state index in [1.54, 1.807) is 32.5 Å². The number of nitrogens with zero attached hydrogens (tertiary/aromatic N) is 2. The van der Waals surface area contributed by atoms with Crippen molar-refractivity contribution in [3.8, 4) is 33.2 Å². The van der Waals surface area contributed by atoms with E-state index in [0.717, 1.165) is 22.3 Å². The Hall–Kier alpha value is -4.15. The third-order valence-corrected chi connectivity index (χ3v) is 8.39. The van der Waals surface area contributed by atoms with E-state index in [-0.39, 0.29) is 4.90 Å². The van der Waals surface area contributed by atoms with E-state index in [1.165, 1.54) is 33.5 Å². The van der Waals surface area contributed by atoms with Crippen molar-refractivity contribution in [3.05, 3.63) is 84.0 Å². The third kappa shape index (κ3) is 4.68. The van der Waals surface area contributed by atoms with Gasteiger partial charge in [0.05, 0.1) is 17.5 Å². The first-order chi connectivity index (χ1) is 17.8. The summed E-state index contributed by atoms with van der Waals surface area (Å²) < 4.78 is 39.3. The predicted molar refractivity (Wildman–Crippen MR) is 142 cm³/mol. The molecule has 37 heavy (non-hydrogen) atoms. The molecule has 0 fully saturated rings. The molecule has 1 N–H and O–H groups in total. The maximum absolute atomic E-state index is 13.8. The van der Waals surface area contributed by atoms with Crippen molar-refractivity contribution in [2.24, 2.45) is 0 Å². The van der Waals surface area contributed by atoms with Gasteiger partial charge >= 0.3 is 5.97 Å². The Labute approximate surface area is 217 Å². The van der Waals surface area contributed by atoms with Crippen LogP contribution >= 0.6 is 11.3 Å². The molecule has 8 nitrogen and oxygen atoms in total. The first kappa shape index (κ1) is 24.5. The highest BCUT2D eigenvalue weighted by atomic mass is 32.2. The molecule has 3 aromatic carbocycles. The topological polar surface area (TPSA) is 108 Å². The Bertz CT molecular complexity index is 1710. The summed E-state index contributed by atoms with van der Waals surface area (Å²) in [4.78, 5) is 15.3. The van der Waals surface area contributed by atoms with Gasteiger partial charge in [0, 0.05) is 28.7 Å². The maximum atomic E-state index is 13.8. The summed E-state index contributed by atoms with van der Waals surface area (Å²) >= 11 is 1.43. The fraction of sp³-hybridized carbons (Fsp3) is 0.111. The lowest BCUT2D eigenvalue weighted by atomic mass is 10.0. The average molecular weight is 535 g/mol. The van der Waals surface area contributed by atoms with Crippen molar-refractivity contribution >= 4 is 38.2 Å². The standard InChI is InChI=1S/C27H22N2O6S2/c1-17-13-21(8-10-25(17)35-16-26(30)31)37(32,33)29-15-23(27-28-11-12-36-27)22-14-19(5-9-24(22)29)18-3-6-20(34-2)7-4-18/h3-15H,16H2,1-2H3,(H,30,31). The van der Waals surface area contributed by atoms with Crippen molar-refractivity contribution < 1.29 is 27.8 Å². The number of aliphatic carboxylic acids is 1. The number of hydrogen-bond acceptors (Lipinski definition) is 7. The molecule has 0 aliphatic heterocycles. The van der Waals surface area contributed by atoms with Gasteiger partial charge in [0.25, 0.3) is 10.0 Å². The zero-order chi connectivity index (χ0) is 26.2. The van der Waals surface area contributed by atoms with Crippen molar-refractivity contribution in [1.29, 1.82) is 0 Å². The van der Waals surface area contributed by atoms with E-state index in [9.17, 15) is 13.2 Å². The lowest BCUT2D eigenvalue weighted by molar-refractivity contribution is -0.139. The highest BCUT2D eigenvalue weighted by Crippen LogP contribution is 2.37. The largest absolute Gasteiger partial charge is 0.497 e. The van der Waals surface area contributed by atoms with Crippen molar-refractivity contribution in [2.45, 2.75) is 11.8 Å². The van der Waals surface area contributed by atoms with Crippen LogP contribution in [0.5, 0.6) is 11.5 Å². The molecule has 0 saturated heterocycles. The second-order valence-electron chi connectivity index (χ2n) is 8.25. The summed E-state index contributed by atoms with van der Waals surface area (Å²) in [6, 6.07) is 17.7. The summed E-state index contributed by atoms with van der Waals surface area (Å²) in [6.07, 6.45) is 3.28. The monoisotopic (exact) mass is 534 g/mol. The van der Waals surface area contributed by atoms with E-state index in [0.29, 0.717) is 27.4 Å². The molecule has 2 heterocycles. The molecular formula is C27H22N2O6S2. The fourth-order valence-corrected chi connectivity index (χ4v) is 6.20. The molecular weight excluding hydrogens is 512 g/mol. The minimum atomic E-state index is -3.99. The SMILES string of the molecule is COc1ccc(-c2ccc3c(c2)c(-c2nccs2)cn3S(=O)(=O)c2ccc(OCC(=O)O)c(C)c2)cc1. The third-order valence-electron chi connectivity index (χ3n) is 5.91. The molecule has 0 atom stereocenters. The smallest absolute Gasteiger partial charge is 0.341 e. The van der Waals surface area contributed by atoms with Gasteiger partial charge in [-0.1, -0.05) is 18.2 Å². The Balaban J connectivity index is 1.63. The molecule has 0 radical (unpaired) electrons. The van der Waals surface area contributed by atoms with Gasteiger partial charge in [-0.3, -0.25) is 0 Å². The molecule has 0 saturated carbocycles. The van der Waals surface area contributed by atoms with E-state index in [1.807, 2.05) is 41.8 Å². The number of carboxylic acids is 1. The van der Waals surface area contributed by atoms with Crippen molar-refractivity contribution in [3.63, 3.8) is 0 Å². The molecule has 5 rings (SSSR count). The van der Waals surface area contributed by atoms with Gasteiger partial charge in [0.1, 0.15) is 16.5 Å². The fourth-order valence-electron chi connectivity index (χ4n) is 4.09. The zero-order valence-electron chi connectivity index (χ0n) is 19.9. The number of thiazole rings is 1. The molecule has 188 valence electrons. The second kappa shape index (κ2) is 9.72. The summed E-state index contributed by atoms with van der Waals surface area (Å²) in [5.41, 5.74) is 3.64. The molecule has 10 heteroatoms. The van der Waals surface area contributed by atoms with E-state index in [4.69, 9.17) is 14.6 Å². The lowest BCUT2D eigenvalue weighted by Crippen LogP contribution is -2.13. The molecule has 5 aromatic rings. The van der Waals surface area contributed by atoms with Crippen LogP contribution in [-0.2, 0) is 14.8 Å². The zero-order valence-corrected chi connectivity index (χ0v) is 21.5. The van der Waals surface area contributed by atoms with Gasteiger partial charge in [-0.15, -0.1) is 11.3 Å². The molecule has 0 unspecified atom stereocenters. The van der Waals surface area contributed by atoms with Crippen LogP contribution in [0.15, 0.2) is 83.3 Å². The summed E-state index contributed by atoms with van der Waals surface area (Å²) in [5.74, 6) is -0.0508. The number of fused-ring (bicyclic) bond motifs is 1. The van der Waals surface area contributed by atoms with E-state index >= 15 is 0 Å². The van der Waals surface area contributed by atoms with E-state index < -0.39 is 22.6 Å². The molecule has 0 amide bonds. The number of hydrogen-bond donors (Lipinski definition) is 1. The van der Waals surface area contributed by atoms with Crippen LogP contribution in [0, 0.1) is 6.92 Å². The number of benzene rings is 3. The van der Waals surface area contributed by atoms with Crippen LogP contribution in [0.25, 0.3) is 32.6 Å². The molecule has 2 aromatic heterocycles. The predicted octanol–water partition coefficient (Wildman–Crippen LogP) is 5.45. The quantitative estimate of drug-likeness (QED) is 0.282. The van der Waals surface area contributed by atoms with Crippen molar-refractivity contribution in [2.75, 3.05) is 13.7 Å². The van der Waals surface area contributed by atoms with Gasteiger partial charge in [-0.05, 0) is 66.1 Å². The average Bonchev–Trinajstić information content (AvgIpc) is 3.56. The van der Waals surface area contributed by atoms with Gasteiger partial charge in [0.2, 0.25) is 0 Å². The van der Waals surface area contributed by atoms with Crippen molar-refractivity contribution in [1.82, 2.24) is 8.96 Å². The summed E-state index contributed by atoms with van der Waals surface area (Å²) in [5, 5.41) is 12.2. The number of carbonyl (C=O) groups is 1. The van der Waals surface area contributed by atoms with Crippen LogP contribution in [0.4, 0.5) is 0 Å². The Morgan fingerprint density at radius 2 is 1.81 bits per heavy atom. The van der Waals surface area contributed by atoms with Crippen LogP contribution < -0.4 is 9.47 Å². The number of rotatable bonds is 8. The van der Waals surface area contributed by atoms with Gasteiger partial charge in [-0.2, -0.15) is 0 Å². The highest BCUT2D eigenvalue weighted by molar-refractivity contribution is 7.90. The molecule has 0 aliphatic carbocycles. The van der Waals surface area contributed by atoms with Crippen LogP contribution in [0.1, 0.15) is 5.56 Å². The Kier molecular flexibility index (Phi) is 6.45. The molecule has 0 aliphatic rings. The normalized spacial score (nSPS) is 11.5. The molecule has 0 bridgehead atoms. The van der Waals surface area contributed by atoms with Crippen LogP contribution in [0.3, 0.4) is 0 Å². The number of aromatic nitrogens is 2. The summed E-state index contributed by atoms with van der Waals surface area (Å²) in [6.45, 7) is 1.16. The minimum absolute atomic E-state index is 0.0643. The second-order valence-corrected chi connectivity index (χ2v) is 11.0. The van der Waals surface area contributed by atoms with Crippen LogP contribution in [0.2, 0.25) is 0 Å². The van der Waals surface area contributed by atoms with Gasteiger partial charge < -0.3 is 14.6 Å². The number of aryl methyl sites for hydroxylation is 1.